The van der Waals surface area contributed by atoms with Crippen molar-refractivity contribution in [1.29, 1.82) is 0 Å². The average Bonchev–Trinajstić information content (AvgIpc) is 3.04. The maximum Gasteiger partial charge on any atom is 0.245 e. The first-order valence-corrected chi connectivity index (χ1v) is 14.7. The van der Waals surface area contributed by atoms with E-state index in [0.717, 1.165) is 46.3 Å². The monoisotopic (exact) mass is 557 g/mol. The molecular weight excluding hydrogens is 530 g/mol. The number of carbonyl (C=O) groups is 1. The summed E-state index contributed by atoms with van der Waals surface area (Å²) in [5, 5.41) is 2.65. The van der Waals surface area contributed by atoms with Crippen molar-refractivity contribution in [2.24, 2.45) is 0 Å². The number of nitrogens with one attached hydrogen (secondary N) is 1. The number of hydrogen-bond acceptors (Lipinski definition) is 5. The van der Waals surface area contributed by atoms with E-state index >= 15 is 0 Å². The third-order valence-electron chi connectivity index (χ3n) is 5.46. The smallest absolute Gasteiger partial charge is 0.245 e. The molecule has 3 rings (SSSR count). The molecule has 0 aliphatic carbocycles. The predicted molar refractivity (Wildman–Crippen MR) is 133 cm³/mol. The molecule has 0 saturated carbocycles. The van der Waals surface area contributed by atoms with Gasteiger partial charge in [-0.2, -0.15) is 4.31 Å². The van der Waals surface area contributed by atoms with Gasteiger partial charge >= 0.3 is 0 Å². The number of amides is 1. The van der Waals surface area contributed by atoms with Gasteiger partial charge in [0.05, 0.1) is 16.8 Å². The van der Waals surface area contributed by atoms with E-state index in [9.17, 15) is 21.6 Å². The van der Waals surface area contributed by atoms with E-state index in [4.69, 9.17) is 0 Å². The topological polar surface area (TPSA) is 104 Å². The molecule has 8 nitrogen and oxygen atoms in total. The molecular formula is C22H28BrN3O5S2. The minimum Gasteiger partial charge on any atom is -0.325 e. The van der Waals surface area contributed by atoms with Crippen molar-refractivity contribution in [2.75, 3.05) is 35.5 Å². The number of rotatable bonds is 7. The fourth-order valence-electron chi connectivity index (χ4n) is 3.66. The van der Waals surface area contributed by atoms with Gasteiger partial charge in [0.2, 0.25) is 26.0 Å². The second-order valence-corrected chi connectivity index (χ2v) is 12.8. The van der Waals surface area contributed by atoms with Gasteiger partial charge in [0.1, 0.15) is 6.54 Å². The van der Waals surface area contributed by atoms with Crippen LogP contribution in [-0.2, 0) is 24.8 Å². The van der Waals surface area contributed by atoms with Gasteiger partial charge in [-0.25, -0.2) is 16.8 Å². The summed E-state index contributed by atoms with van der Waals surface area (Å²) in [6.07, 6.45) is 4.80. The first kappa shape index (κ1) is 25.7. The summed E-state index contributed by atoms with van der Waals surface area (Å²) in [5.74, 6) is -0.538. The Morgan fingerprint density at radius 1 is 1.00 bits per heavy atom. The number of halogens is 1. The third-order valence-corrected chi connectivity index (χ3v) is 9.40. The molecule has 1 fully saturated rings. The lowest BCUT2D eigenvalue weighted by Crippen LogP contribution is -2.37. The van der Waals surface area contributed by atoms with Crippen LogP contribution in [-0.4, -0.2) is 52.9 Å². The van der Waals surface area contributed by atoms with Crippen LogP contribution in [0.5, 0.6) is 0 Å². The first-order chi connectivity index (χ1) is 15.5. The summed E-state index contributed by atoms with van der Waals surface area (Å²) >= 11 is 3.38. The predicted octanol–water partition coefficient (Wildman–Crippen LogP) is 3.73. The molecule has 11 heteroatoms. The molecule has 1 aliphatic heterocycles. The van der Waals surface area contributed by atoms with Gasteiger partial charge in [-0.3, -0.25) is 9.10 Å². The van der Waals surface area contributed by atoms with Crippen LogP contribution < -0.4 is 9.62 Å². The highest BCUT2D eigenvalue weighted by atomic mass is 79.9. The van der Waals surface area contributed by atoms with Crippen LogP contribution in [0, 0.1) is 6.92 Å². The zero-order chi connectivity index (χ0) is 24.2. The van der Waals surface area contributed by atoms with E-state index in [1.54, 1.807) is 18.2 Å². The Bertz CT molecular complexity index is 1210. The SMILES string of the molecule is Cc1cc(N(CC(=O)Nc2ccc(S(=O)(=O)N3CCCCCC3)cc2)S(C)(=O)=O)ccc1Br. The van der Waals surface area contributed by atoms with Gasteiger partial charge in [-0.1, -0.05) is 28.8 Å². The number of hydrogen-bond donors (Lipinski definition) is 1. The molecule has 1 N–H and O–H groups in total. The van der Waals surface area contributed by atoms with E-state index in [0.29, 0.717) is 24.5 Å². The maximum atomic E-state index is 12.9. The average molecular weight is 559 g/mol. The summed E-state index contributed by atoms with van der Waals surface area (Å²) in [5.41, 5.74) is 1.60. The highest BCUT2D eigenvalue weighted by molar-refractivity contribution is 9.10. The number of anilines is 2. The Hall–Kier alpha value is -1.95. The minimum absolute atomic E-state index is 0.172. The van der Waals surface area contributed by atoms with Crippen LogP contribution in [0.3, 0.4) is 0 Å². The number of aryl methyl sites for hydroxylation is 1. The van der Waals surface area contributed by atoms with Crippen LogP contribution in [0.2, 0.25) is 0 Å². The minimum atomic E-state index is -3.70. The van der Waals surface area contributed by atoms with E-state index in [-0.39, 0.29) is 4.90 Å². The van der Waals surface area contributed by atoms with Gasteiger partial charge in [0.15, 0.2) is 0 Å². The normalized spacial score (nSPS) is 15.6. The molecule has 1 aliphatic rings. The summed E-state index contributed by atoms with van der Waals surface area (Å²) in [7, 11) is -7.29. The van der Waals surface area contributed by atoms with Gasteiger partial charge in [-0.05, 0) is 67.8 Å². The molecule has 0 radical (unpaired) electrons. The largest absolute Gasteiger partial charge is 0.325 e. The second-order valence-electron chi connectivity index (χ2n) is 8.09. The fourth-order valence-corrected chi connectivity index (χ4v) is 6.27. The molecule has 0 spiro atoms. The summed E-state index contributed by atoms with van der Waals surface area (Å²) in [4.78, 5) is 12.8. The van der Waals surface area contributed by atoms with Gasteiger partial charge in [0, 0.05) is 23.2 Å². The summed E-state index contributed by atoms with van der Waals surface area (Å²) < 4.78 is 53.8. The Morgan fingerprint density at radius 2 is 1.61 bits per heavy atom. The van der Waals surface area contributed by atoms with Crippen LogP contribution in [0.25, 0.3) is 0 Å². The van der Waals surface area contributed by atoms with Gasteiger partial charge in [0.25, 0.3) is 0 Å². The lowest BCUT2D eigenvalue weighted by Gasteiger charge is -2.22. The summed E-state index contributed by atoms with van der Waals surface area (Å²) in [6.45, 7) is 2.44. The lowest BCUT2D eigenvalue weighted by atomic mass is 10.2. The van der Waals surface area contributed by atoms with Crippen molar-refractivity contribution in [3.63, 3.8) is 0 Å². The second kappa shape index (κ2) is 10.5. The van der Waals surface area contributed by atoms with Crippen LogP contribution in [0.4, 0.5) is 11.4 Å². The van der Waals surface area contributed by atoms with E-state index in [1.807, 2.05) is 6.92 Å². The van der Waals surface area contributed by atoms with Crippen LogP contribution in [0.15, 0.2) is 51.8 Å². The Morgan fingerprint density at radius 3 is 2.15 bits per heavy atom. The van der Waals surface area contributed by atoms with Gasteiger partial charge in [-0.15, -0.1) is 0 Å². The van der Waals surface area contributed by atoms with E-state index in [1.165, 1.54) is 28.6 Å². The number of nitrogens with zero attached hydrogens (tertiary/aromatic N) is 2. The molecule has 2 aromatic carbocycles. The number of benzene rings is 2. The molecule has 2 aromatic rings. The van der Waals surface area contributed by atoms with Crippen molar-refractivity contribution in [1.82, 2.24) is 4.31 Å². The maximum absolute atomic E-state index is 12.9. The molecule has 180 valence electrons. The number of carbonyl (C=O) groups excluding carboxylic acids is 1. The Labute approximate surface area is 204 Å². The molecule has 1 heterocycles. The van der Waals surface area contributed by atoms with E-state index in [2.05, 4.69) is 21.2 Å². The zero-order valence-electron chi connectivity index (χ0n) is 18.6. The van der Waals surface area contributed by atoms with Crippen molar-refractivity contribution < 1.29 is 21.6 Å². The quantitative estimate of drug-likeness (QED) is 0.558. The van der Waals surface area contributed by atoms with E-state index < -0.39 is 32.5 Å². The summed E-state index contributed by atoms with van der Waals surface area (Å²) in [6, 6.07) is 11.0. The Balaban J connectivity index is 1.72. The molecule has 0 aromatic heterocycles. The fraction of sp³-hybridized carbons (Fsp3) is 0.409. The zero-order valence-corrected chi connectivity index (χ0v) is 21.8. The molecule has 0 bridgehead atoms. The molecule has 1 amide bonds. The third kappa shape index (κ3) is 6.56. The highest BCUT2D eigenvalue weighted by Crippen LogP contribution is 2.25. The first-order valence-electron chi connectivity index (χ1n) is 10.6. The van der Waals surface area contributed by atoms with Crippen molar-refractivity contribution in [2.45, 2.75) is 37.5 Å². The van der Waals surface area contributed by atoms with Crippen molar-refractivity contribution in [3.05, 3.63) is 52.5 Å². The molecule has 33 heavy (non-hydrogen) atoms. The number of sulfonamides is 2. The molecule has 1 saturated heterocycles. The van der Waals surface area contributed by atoms with Crippen molar-refractivity contribution >= 4 is 53.3 Å². The molecule has 0 unspecified atom stereocenters. The standard InChI is InChI=1S/C22H28BrN3O5S2/c1-17-15-19(9-12-21(17)23)26(32(2,28)29)16-22(27)24-18-7-10-20(11-8-18)33(30,31)25-13-5-3-4-6-14-25/h7-12,15H,3-6,13-14,16H2,1-2H3,(H,24,27). The van der Waals surface area contributed by atoms with Crippen molar-refractivity contribution in [3.8, 4) is 0 Å². The van der Waals surface area contributed by atoms with Gasteiger partial charge < -0.3 is 5.32 Å². The lowest BCUT2D eigenvalue weighted by molar-refractivity contribution is -0.114. The highest BCUT2D eigenvalue weighted by Gasteiger charge is 2.25. The van der Waals surface area contributed by atoms with Crippen LogP contribution >= 0.6 is 15.9 Å². The van der Waals surface area contributed by atoms with Crippen LogP contribution in [0.1, 0.15) is 31.2 Å². The molecule has 0 atom stereocenters. The Kier molecular flexibility index (Phi) is 8.20.